The first kappa shape index (κ1) is 13.9. The van der Waals surface area contributed by atoms with Gasteiger partial charge in [-0.15, -0.1) is 18.3 Å². The van der Waals surface area contributed by atoms with Crippen molar-refractivity contribution in [3.63, 3.8) is 0 Å². The van der Waals surface area contributed by atoms with Gasteiger partial charge < -0.3 is 4.74 Å². The normalized spacial score (nSPS) is 11.6. The summed E-state index contributed by atoms with van der Waals surface area (Å²) in [5.74, 6) is 0.435. The lowest BCUT2D eigenvalue weighted by atomic mass is 10.3. The van der Waals surface area contributed by atoms with E-state index in [0.29, 0.717) is 22.7 Å². The number of alkyl halides is 3. The van der Waals surface area contributed by atoms with E-state index in [1.807, 2.05) is 6.92 Å². The fourth-order valence-electron chi connectivity index (χ4n) is 1.54. The Morgan fingerprint density at radius 2 is 1.89 bits per heavy atom. The molecule has 1 aromatic carbocycles. The maximum Gasteiger partial charge on any atom is 0.573 e. The van der Waals surface area contributed by atoms with Gasteiger partial charge in [0.25, 0.3) is 0 Å². The van der Waals surface area contributed by atoms with Gasteiger partial charge >= 0.3 is 6.36 Å². The van der Waals surface area contributed by atoms with E-state index in [9.17, 15) is 13.2 Å². The number of ether oxygens (including phenoxy) is 1. The quantitative estimate of drug-likeness (QED) is 0.861. The summed E-state index contributed by atoms with van der Waals surface area (Å²) in [5.41, 5.74) is 0.615. The Labute approximate surface area is 115 Å². The number of rotatable bonds is 3. The minimum Gasteiger partial charge on any atom is -0.406 e. The molecule has 8 heteroatoms. The van der Waals surface area contributed by atoms with E-state index in [1.165, 1.54) is 24.3 Å². The molecule has 0 saturated carbocycles. The van der Waals surface area contributed by atoms with Gasteiger partial charge in [0, 0.05) is 6.42 Å². The molecule has 0 atom stereocenters. The highest BCUT2D eigenvalue weighted by Crippen LogP contribution is 2.24. The van der Waals surface area contributed by atoms with Crippen molar-refractivity contribution in [2.45, 2.75) is 19.7 Å². The lowest BCUT2D eigenvalue weighted by Crippen LogP contribution is -2.17. The molecule has 0 aliphatic carbocycles. The summed E-state index contributed by atoms with van der Waals surface area (Å²) in [6.45, 7) is 1.91. The van der Waals surface area contributed by atoms with Crippen LogP contribution in [0.3, 0.4) is 0 Å². The smallest absolute Gasteiger partial charge is 0.406 e. The second-order valence-electron chi connectivity index (χ2n) is 3.60. The molecule has 0 saturated heterocycles. The SMILES string of the molecule is CCc1nc(Br)nn1-c1ccc(OC(F)(F)F)cc1. The maximum atomic E-state index is 12.0. The first-order chi connectivity index (χ1) is 8.89. The Morgan fingerprint density at radius 1 is 1.26 bits per heavy atom. The molecule has 0 spiro atoms. The highest BCUT2D eigenvalue weighted by Gasteiger charge is 2.31. The molecule has 1 heterocycles. The van der Waals surface area contributed by atoms with E-state index in [2.05, 4.69) is 30.7 Å². The van der Waals surface area contributed by atoms with Crippen LogP contribution in [-0.2, 0) is 6.42 Å². The van der Waals surface area contributed by atoms with Gasteiger partial charge in [-0.3, -0.25) is 0 Å². The summed E-state index contributed by atoms with van der Waals surface area (Å²) in [4.78, 5) is 4.14. The molecule has 4 nitrogen and oxygen atoms in total. The Morgan fingerprint density at radius 3 is 2.42 bits per heavy atom. The summed E-state index contributed by atoms with van der Waals surface area (Å²) in [7, 11) is 0. The first-order valence-electron chi connectivity index (χ1n) is 5.36. The topological polar surface area (TPSA) is 39.9 Å². The Bertz CT molecular complexity index is 566. The molecule has 19 heavy (non-hydrogen) atoms. The molecule has 0 aliphatic rings. The van der Waals surface area contributed by atoms with Crippen LogP contribution in [0, 0.1) is 0 Å². The zero-order valence-corrected chi connectivity index (χ0v) is 11.4. The zero-order valence-electron chi connectivity index (χ0n) is 9.78. The monoisotopic (exact) mass is 335 g/mol. The van der Waals surface area contributed by atoms with Gasteiger partial charge in [0.15, 0.2) is 0 Å². The van der Waals surface area contributed by atoms with Crippen LogP contribution in [0.15, 0.2) is 29.0 Å². The fraction of sp³-hybridized carbons (Fsp3) is 0.273. The fourth-order valence-corrected chi connectivity index (χ4v) is 1.90. The average molecular weight is 336 g/mol. The molecule has 2 rings (SSSR count). The third kappa shape index (κ3) is 3.46. The van der Waals surface area contributed by atoms with E-state index in [-0.39, 0.29) is 5.75 Å². The highest BCUT2D eigenvalue weighted by atomic mass is 79.9. The molecule has 0 radical (unpaired) electrons. The third-order valence-corrected chi connectivity index (χ3v) is 2.62. The van der Waals surface area contributed by atoms with Gasteiger partial charge in [0.05, 0.1) is 5.69 Å². The molecule has 0 amide bonds. The minimum absolute atomic E-state index is 0.270. The average Bonchev–Trinajstić information content (AvgIpc) is 2.69. The van der Waals surface area contributed by atoms with Gasteiger partial charge in [-0.05, 0) is 40.2 Å². The number of nitrogens with zero attached hydrogens (tertiary/aromatic N) is 3. The Balaban J connectivity index is 2.27. The number of halogens is 4. The highest BCUT2D eigenvalue weighted by molar-refractivity contribution is 9.10. The van der Waals surface area contributed by atoms with Crippen molar-refractivity contribution < 1.29 is 17.9 Å². The van der Waals surface area contributed by atoms with E-state index in [1.54, 1.807) is 4.68 Å². The molecule has 2 aromatic rings. The third-order valence-electron chi connectivity index (χ3n) is 2.28. The van der Waals surface area contributed by atoms with Crippen molar-refractivity contribution in [1.82, 2.24) is 14.8 Å². The maximum absolute atomic E-state index is 12.0. The molecule has 102 valence electrons. The van der Waals surface area contributed by atoms with Crippen molar-refractivity contribution in [2.75, 3.05) is 0 Å². The standard InChI is InChI=1S/C11H9BrF3N3O/c1-2-9-16-10(12)17-18(9)7-3-5-8(6-4-7)19-11(13,14)15/h3-6H,2H2,1H3. The Hall–Kier alpha value is -1.57. The lowest BCUT2D eigenvalue weighted by molar-refractivity contribution is -0.274. The number of benzene rings is 1. The summed E-state index contributed by atoms with van der Waals surface area (Å²) in [5, 5.41) is 4.12. The van der Waals surface area contributed by atoms with Crippen molar-refractivity contribution in [3.8, 4) is 11.4 Å². The van der Waals surface area contributed by atoms with Crippen molar-refractivity contribution >= 4 is 15.9 Å². The van der Waals surface area contributed by atoms with Crippen LogP contribution in [0.25, 0.3) is 5.69 Å². The second kappa shape index (κ2) is 5.20. The van der Waals surface area contributed by atoms with Gasteiger partial charge in [-0.1, -0.05) is 6.92 Å². The molecule has 0 bridgehead atoms. The van der Waals surface area contributed by atoms with E-state index in [4.69, 9.17) is 0 Å². The van der Waals surface area contributed by atoms with Gasteiger partial charge in [0.2, 0.25) is 4.73 Å². The van der Waals surface area contributed by atoms with Gasteiger partial charge in [0.1, 0.15) is 11.6 Å². The van der Waals surface area contributed by atoms with Gasteiger partial charge in [-0.2, -0.15) is 0 Å². The Kier molecular flexibility index (Phi) is 3.79. The minimum atomic E-state index is -4.69. The summed E-state index contributed by atoms with van der Waals surface area (Å²) < 4.78 is 41.9. The van der Waals surface area contributed by atoms with Crippen LogP contribution >= 0.6 is 15.9 Å². The number of hydrogen-bond donors (Lipinski definition) is 0. The van der Waals surface area contributed by atoms with Crippen LogP contribution in [-0.4, -0.2) is 21.1 Å². The van der Waals surface area contributed by atoms with Crippen LogP contribution in [0.2, 0.25) is 0 Å². The summed E-state index contributed by atoms with van der Waals surface area (Å²) in [6, 6.07) is 5.44. The van der Waals surface area contributed by atoms with E-state index in [0.717, 1.165) is 0 Å². The zero-order chi connectivity index (χ0) is 14.0. The number of hydrogen-bond acceptors (Lipinski definition) is 3. The lowest BCUT2D eigenvalue weighted by Gasteiger charge is -2.09. The summed E-state index contributed by atoms with van der Waals surface area (Å²) >= 11 is 3.16. The molecule has 0 aliphatic heterocycles. The molecular weight excluding hydrogens is 327 g/mol. The largest absolute Gasteiger partial charge is 0.573 e. The predicted octanol–water partition coefficient (Wildman–Crippen LogP) is 3.49. The van der Waals surface area contributed by atoms with E-state index >= 15 is 0 Å². The van der Waals surface area contributed by atoms with Crippen LogP contribution in [0.1, 0.15) is 12.7 Å². The number of aromatic nitrogens is 3. The van der Waals surface area contributed by atoms with Gasteiger partial charge in [-0.25, -0.2) is 9.67 Å². The predicted molar refractivity (Wildman–Crippen MR) is 65.1 cm³/mol. The van der Waals surface area contributed by atoms with E-state index < -0.39 is 6.36 Å². The molecule has 1 aromatic heterocycles. The number of aryl methyl sites for hydroxylation is 1. The van der Waals surface area contributed by atoms with Crippen LogP contribution in [0.4, 0.5) is 13.2 Å². The summed E-state index contributed by atoms with van der Waals surface area (Å²) in [6.07, 6.45) is -4.04. The molecular formula is C11H9BrF3N3O. The first-order valence-corrected chi connectivity index (χ1v) is 6.16. The molecule has 0 fully saturated rings. The van der Waals surface area contributed by atoms with Crippen LogP contribution in [0.5, 0.6) is 5.75 Å². The van der Waals surface area contributed by atoms with Crippen LogP contribution < -0.4 is 4.74 Å². The molecule has 0 unspecified atom stereocenters. The van der Waals surface area contributed by atoms with Crippen molar-refractivity contribution in [2.24, 2.45) is 0 Å². The second-order valence-corrected chi connectivity index (χ2v) is 4.31. The molecule has 0 N–H and O–H groups in total. The van der Waals surface area contributed by atoms with Crippen molar-refractivity contribution in [1.29, 1.82) is 0 Å². The van der Waals surface area contributed by atoms with Crippen molar-refractivity contribution in [3.05, 3.63) is 34.8 Å².